The van der Waals surface area contributed by atoms with E-state index in [1.807, 2.05) is 36.4 Å². The molecule has 2 nitrogen and oxygen atoms in total. The number of pyridine rings is 1. The Labute approximate surface area is 144 Å². The van der Waals surface area contributed by atoms with Crippen LogP contribution in [-0.4, -0.2) is 4.98 Å². The van der Waals surface area contributed by atoms with Gasteiger partial charge in [-0.25, -0.2) is 0 Å². The molecule has 1 aliphatic carbocycles. The fourth-order valence-electron chi connectivity index (χ4n) is 3.20. The number of hydrogen-bond acceptors (Lipinski definition) is 2. The Morgan fingerprint density at radius 1 is 1.09 bits per heavy atom. The highest BCUT2D eigenvalue weighted by molar-refractivity contribution is 7.71. The summed E-state index contributed by atoms with van der Waals surface area (Å²) in [5, 5.41) is 10.3. The Morgan fingerprint density at radius 3 is 2.57 bits per heavy atom. The first-order valence-electron chi connectivity index (χ1n) is 7.22. The minimum Gasteiger partial charge on any atom is -0.345 e. The lowest BCUT2D eigenvalue weighted by Crippen LogP contribution is -1.97. The van der Waals surface area contributed by atoms with Crippen molar-refractivity contribution in [2.24, 2.45) is 0 Å². The Balaban J connectivity index is 2.07. The normalized spacial score (nSPS) is 11.7. The standard InChI is InChI=1S/C19H11ClN2S/c20-13-7-5-11(6-8-13)17-15-9-12-3-1-2-4-14(12)18(15)22-19(23)16(17)10-21/h1-8H,9H2,(H,22,23). The average Bonchev–Trinajstić information content (AvgIpc) is 2.93. The number of nitrogens with zero attached hydrogens (tertiary/aromatic N) is 1. The molecule has 2 aromatic carbocycles. The molecule has 110 valence electrons. The van der Waals surface area contributed by atoms with Gasteiger partial charge in [-0.1, -0.05) is 60.2 Å². The van der Waals surface area contributed by atoms with Crippen LogP contribution in [0.5, 0.6) is 0 Å². The van der Waals surface area contributed by atoms with Crippen LogP contribution in [0.15, 0.2) is 48.5 Å². The van der Waals surface area contributed by atoms with Gasteiger partial charge in [0.25, 0.3) is 0 Å². The van der Waals surface area contributed by atoms with E-state index in [9.17, 15) is 5.26 Å². The van der Waals surface area contributed by atoms with E-state index < -0.39 is 0 Å². The molecule has 4 rings (SSSR count). The summed E-state index contributed by atoms with van der Waals surface area (Å²) in [5.74, 6) is 0. The van der Waals surface area contributed by atoms with Crippen LogP contribution in [-0.2, 0) is 6.42 Å². The highest BCUT2D eigenvalue weighted by Gasteiger charge is 2.25. The summed E-state index contributed by atoms with van der Waals surface area (Å²) < 4.78 is 0.480. The number of nitriles is 1. The van der Waals surface area contributed by atoms with Crippen LogP contribution in [0.25, 0.3) is 22.4 Å². The van der Waals surface area contributed by atoms with Crippen molar-refractivity contribution >= 4 is 23.8 Å². The molecule has 1 N–H and O–H groups in total. The van der Waals surface area contributed by atoms with Gasteiger partial charge in [0.15, 0.2) is 0 Å². The molecule has 0 spiro atoms. The van der Waals surface area contributed by atoms with Gasteiger partial charge in [-0.3, -0.25) is 0 Å². The summed E-state index contributed by atoms with van der Waals surface area (Å²) in [6, 6.07) is 18.1. The number of hydrogen-bond donors (Lipinski definition) is 1. The maximum absolute atomic E-state index is 9.60. The zero-order valence-corrected chi connectivity index (χ0v) is 13.6. The molecule has 0 saturated carbocycles. The van der Waals surface area contributed by atoms with E-state index in [1.54, 1.807) is 0 Å². The number of aromatic amines is 1. The van der Waals surface area contributed by atoms with E-state index in [2.05, 4.69) is 23.2 Å². The molecule has 0 atom stereocenters. The van der Waals surface area contributed by atoms with Gasteiger partial charge in [0.1, 0.15) is 10.7 Å². The van der Waals surface area contributed by atoms with Crippen LogP contribution in [0.2, 0.25) is 5.02 Å². The molecule has 0 fully saturated rings. The molecule has 0 amide bonds. The van der Waals surface area contributed by atoms with Crippen molar-refractivity contribution in [1.82, 2.24) is 4.98 Å². The number of H-pyrrole nitrogens is 1. The number of rotatable bonds is 1. The molecule has 0 unspecified atom stereocenters. The van der Waals surface area contributed by atoms with E-state index in [4.69, 9.17) is 23.8 Å². The molecular weight excluding hydrogens is 324 g/mol. The van der Waals surface area contributed by atoms with Gasteiger partial charge in [0.2, 0.25) is 0 Å². The Hall–Kier alpha value is -2.41. The van der Waals surface area contributed by atoms with E-state index >= 15 is 0 Å². The number of aromatic nitrogens is 1. The molecule has 0 bridgehead atoms. The van der Waals surface area contributed by atoms with Crippen molar-refractivity contribution in [2.75, 3.05) is 0 Å². The molecular formula is C19H11ClN2S. The minimum absolute atomic E-state index is 0.480. The average molecular weight is 335 g/mol. The lowest BCUT2D eigenvalue weighted by Gasteiger charge is -2.12. The SMILES string of the molecule is N#Cc1c(-c2ccc(Cl)cc2)c2c([nH]c1=S)-c1ccccc1C2. The topological polar surface area (TPSA) is 39.6 Å². The van der Waals surface area contributed by atoms with Gasteiger partial charge in [0, 0.05) is 22.6 Å². The molecule has 4 heteroatoms. The summed E-state index contributed by atoms with van der Waals surface area (Å²) in [6.07, 6.45) is 0.796. The van der Waals surface area contributed by atoms with Crippen molar-refractivity contribution in [2.45, 2.75) is 6.42 Å². The molecule has 1 aromatic heterocycles. The molecule has 1 heterocycles. The van der Waals surface area contributed by atoms with Crippen LogP contribution in [0.4, 0.5) is 0 Å². The number of nitrogens with one attached hydrogen (secondary N) is 1. The predicted octanol–water partition coefficient (Wildman–Crippen LogP) is 5.51. The highest BCUT2D eigenvalue weighted by Crippen LogP contribution is 2.42. The van der Waals surface area contributed by atoms with Crippen molar-refractivity contribution in [3.05, 3.63) is 74.9 Å². The van der Waals surface area contributed by atoms with Crippen LogP contribution in [0.1, 0.15) is 16.7 Å². The molecule has 0 radical (unpaired) electrons. The van der Waals surface area contributed by atoms with Gasteiger partial charge < -0.3 is 4.98 Å². The zero-order valence-electron chi connectivity index (χ0n) is 12.1. The smallest absolute Gasteiger partial charge is 0.122 e. The minimum atomic E-state index is 0.480. The van der Waals surface area contributed by atoms with Gasteiger partial charge in [-0.15, -0.1) is 0 Å². The summed E-state index contributed by atoms with van der Waals surface area (Å²) in [5.41, 5.74) is 6.96. The van der Waals surface area contributed by atoms with Crippen LogP contribution >= 0.6 is 23.8 Å². The summed E-state index contributed by atoms with van der Waals surface area (Å²) in [7, 11) is 0. The maximum Gasteiger partial charge on any atom is 0.122 e. The Kier molecular flexibility index (Phi) is 3.30. The third-order valence-corrected chi connectivity index (χ3v) is 4.78. The largest absolute Gasteiger partial charge is 0.345 e. The molecule has 3 aromatic rings. The maximum atomic E-state index is 9.60. The van der Waals surface area contributed by atoms with Gasteiger partial charge in [-0.2, -0.15) is 5.26 Å². The van der Waals surface area contributed by atoms with Crippen molar-refractivity contribution < 1.29 is 0 Å². The second-order valence-corrected chi connectivity index (χ2v) is 6.35. The predicted molar refractivity (Wildman–Crippen MR) is 95.0 cm³/mol. The molecule has 0 saturated heterocycles. The van der Waals surface area contributed by atoms with Gasteiger partial charge in [0.05, 0.1) is 11.3 Å². The number of halogens is 1. The first kappa shape index (κ1) is 14.2. The first-order chi connectivity index (χ1) is 11.2. The monoisotopic (exact) mass is 334 g/mol. The van der Waals surface area contributed by atoms with Crippen LogP contribution in [0.3, 0.4) is 0 Å². The third kappa shape index (κ3) is 2.19. The first-order valence-corrected chi connectivity index (χ1v) is 8.01. The lowest BCUT2D eigenvalue weighted by molar-refractivity contribution is 1.21. The summed E-state index contributed by atoms with van der Waals surface area (Å²) in [6.45, 7) is 0. The van der Waals surface area contributed by atoms with Gasteiger partial charge >= 0.3 is 0 Å². The third-order valence-electron chi connectivity index (χ3n) is 4.22. The van der Waals surface area contributed by atoms with Crippen LogP contribution in [0, 0.1) is 16.0 Å². The zero-order chi connectivity index (χ0) is 16.0. The Bertz CT molecular complexity index is 1030. The second-order valence-electron chi connectivity index (χ2n) is 5.51. The van der Waals surface area contributed by atoms with Crippen molar-refractivity contribution in [3.8, 4) is 28.5 Å². The van der Waals surface area contributed by atoms with Crippen molar-refractivity contribution in [1.29, 1.82) is 5.26 Å². The number of benzene rings is 2. The fourth-order valence-corrected chi connectivity index (χ4v) is 3.57. The lowest BCUT2D eigenvalue weighted by atomic mass is 9.95. The Morgan fingerprint density at radius 2 is 1.83 bits per heavy atom. The quantitative estimate of drug-likeness (QED) is 0.466. The molecule has 1 aliphatic rings. The summed E-state index contributed by atoms with van der Waals surface area (Å²) in [4.78, 5) is 3.25. The van der Waals surface area contributed by atoms with E-state index in [0.717, 1.165) is 34.4 Å². The highest BCUT2D eigenvalue weighted by atomic mass is 35.5. The van der Waals surface area contributed by atoms with E-state index in [-0.39, 0.29) is 0 Å². The van der Waals surface area contributed by atoms with Gasteiger partial charge in [-0.05, 0) is 28.8 Å². The van der Waals surface area contributed by atoms with Crippen molar-refractivity contribution in [3.63, 3.8) is 0 Å². The number of fused-ring (bicyclic) bond motifs is 3. The van der Waals surface area contributed by atoms with E-state index in [0.29, 0.717) is 15.2 Å². The fraction of sp³-hybridized carbons (Fsp3) is 0.0526. The van der Waals surface area contributed by atoms with Crippen LogP contribution < -0.4 is 0 Å². The van der Waals surface area contributed by atoms with E-state index in [1.165, 1.54) is 5.56 Å². The molecule has 23 heavy (non-hydrogen) atoms. The summed E-state index contributed by atoms with van der Waals surface area (Å²) >= 11 is 11.4. The molecule has 0 aliphatic heterocycles. The second kappa shape index (κ2) is 5.34.